The third-order valence-corrected chi connectivity index (χ3v) is 3.06. The smallest absolute Gasteiger partial charge is 0.246 e. The largest absolute Gasteiger partial charge is 0.480 e. The Morgan fingerprint density at radius 2 is 2.10 bits per heavy atom. The van der Waals surface area contributed by atoms with Crippen molar-refractivity contribution in [3.05, 3.63) is 46.5 Å². The van der Waals surface area contributed by atoms with Crippen molar-refractivity contribution in [1.82, 2.24) is 9.97 Å². The van der Waals surface area contributed by atoms with Crippen LogP contribution in [0.15, 0.2) is 24.4 Å². The summed E-state index contributed by atoms with van der Waals surface area (Å²) in [6.07, 6.45) is 1.11. The van der Waals surface area contributed by atoms with Gasteiger partial charge in [-0.1, -0.05) is 23.7 Å². The predicted molar refractivity (Wildman–Crippen MR) is 74.6 cm³/mol. The Labute approximate surface area is 125 Å². The second-order valence-electron chi connectivity index (χ2n) is 4.08. The van der Waals surface area contributed by atoms with Crippen molar-refractivity contribution in [2.24, 2.45) is 0 Å². The van der Waals surface area contributed by atoms with E-state index < -0.39 is 11.6 Å². The van der Waals surface area contributed by atoms with Gasteiger partial charge in [0.2, 0.25) is 11.8 Å². The molecular weight excluding hydrogens is 299 g/mol. The van der Waals surface area contributed by atoms with Crippen LogP contribution >= 0.6 is 11.6 Å². The van der Waals surface area contributed by atoms with E-state index in [1.165, 1.54) is 32.5 Å². The molecule has 1 aromatic heterocycles. The number of aromatic nitrogens is 2. The standard InChI is InChI=1S/C14H12ClFN2O3/c1-20-11-7-17-13(14(18-11)21-2)10(19)6-8-4-3-5-9(15)12(8)16/h3-5,7H,6H2,1-2H3. The number of methoxy groups -OCH3 is 2. The Bertz CT molecular complexity index is 679. The maximum Gasteiger partial charge on any atom is 0.246 e. The SMILES string of the molecule is COc1cnc(C(=O)Cc2cccc(Cl)c2F)c(OC)n1. The number of ether oxygens (including phenoxy) is 2. The van der Waals surface area contributed by atoms with E-state index >= 15 is 0 Å². The highest BCUT2D eigenvalue weighted by Gasteiger charge is 2.19. The van der Waals surface area contributed by atoms with Crippen LogP contribution in [0.1, 0.15) is 16.1 Å². The van der Waals surface area contributed by atoms with Crippen LogP contribution in [-0.2, 0) is 6.42 Å². The minimum atomic E-state index is -0.618. The zero-order chi connectivity index (χ0) is 15.4. The number of hydrogen-bond acceptors (Lipinski definition) is 5. The number of rotatable bonds is 5. The van der Waals surface area contributed by atoms with Crippen molar-refractivity contribution in [2.75, 3.05) is 14.2 Å². The molecule has 2 aromatic rings. The van der Waals surface area contributed by atoms with Gasteiger partial charge in [0, 0.05) is 6.42 Å². The van der Waals surface area contributed by atoms with E-state index in [0.717, 1.165) is 0 Å². The molecule has 0 aliphatic heterocycles. The van der Waals surface area contributed by atoms with Crippen LogP contribution < -0.4 is 9.47 Å². The quantitative estimate of drug-likeness (QED) is 0.795. The van der Waals surface area contributed by atoms with E-state index in [-0.39, 0.29) is 34.5 Å². The van der Waals surface area contributed by atoms with Gasteiger partial charge >= 0.3 is 0 Å². The summed E-state index contributed by atoms with van der Waals surface area (Å²) in [5.74, 6) is -0.796. The van der Waals surface area contributed by atoms with Gasteiger partial charge in [-0.25, -0.2) is 9.37 Å². The molecule has 21 heavy (non-hydrogen) atoms. The van der Waals surface area contributed by atoms with E-state index in [9.17, 15) is 9.18 Å². The molecule has 0 N–H and O–H groups in total. The number of nitrogens with zero attached hydrogens (tertiary/aromatic N) is 2. The number of carbonyl (C=O) groups excluding carboxylic acids is 1. The van der Waals surface area contributed by atoms with E-state index in [2.05, 4.69) is 9.97 Å². The fourth-order valence-electron chi connectivity index (χ4n) is 1.73. The summed E-state index contributed by atoms with van der Waals surface area (Å²) < 4.78 is 23.7. The van der Waals surface area contributed by atoms with Crippen LogP contribution in [0.4, 0.5) is 4.39 Å². The number of benzene rings is 1. The van der Waals surface area contributed by atoms with Crippen molar-refractivity contribution in [1.29, 1.82) is 0 Å². The molecule has 0 bridgehead atoms. The zero-order valence-electron chi connectivity index (χ0n) is 11.4. The number of ketones is 1. The summed E-state index contributed by atoms with van der Waals surface area (Å²) in [5.41, 5.74) is 0.199. The summed E-state index contributed by atoms with van der Waals surface area (Å²) in [6, 6.07) is 4.48. The van der Waals surface area contributed by atoms with Gasteiger partial charge in [0.1, 0.15) is 5.82 Å². The van der Waals surface area contributed by atoms with Gasteiger partial charge in [-0.2, -0.15) is 4.98 Å². The van der Waals surface area contributed by atoms with Gasteiger partial charge in [-0.15, -0.1) is 0 Å². The Kier molecular flexibility index (Phi) is 4.70. The van der Waals surface area contributed by atoms with E-state index in [0.29, 0.717) is 0 Å². The van der Waals surface area contributed by atoms with Crippen LogP contribution in [0.5, 0.6) is 11.8 Å². The molecule has 0 aliphatic carbocycles. The number of halogens is 2. The summed E-state index contributed by atoms with van der Waals surface area (Å²) in [7, 11) is 2.78. The first-order valence-corrected chi connectivity index (χ1v) is 6.35. The average molecular weight is 311 g/mol. The highest BCUT2D eigenvalue weighted by molar-refractivity contribution is 6.30. The monoisotopic (exact) mass is 310 g/mol. The molecule has 0 amide bonds. The Morgan fingerprint density at radius 3 is 2.76 bits per heavy atom. The highest BCUT2D eigenvalue weighted by Crippen LogP contribution is 2.22. The van der Waals surface area contributed by atoms with Crippen LogP contribution in [-0.4, -0.2) is 30.0 Å². The summed E-state index contributed by atoms with van der Waals surface area (Å²) in [4.78, 5) is 20.1. The first-order valence-electron chi connectivity index (χ1n) is 5.98. The second-order valence-corrected chi connectivity index (χ2v) is 4.49. The predicted octanol–water partition coefficient (Wildman–Crippen LogP) is 2.71. The Balaban J connectivity index is 2.30. The van der Waals surface area contributed by atoms with Crippen LogP contribution in [0.2, 0.25) is 5.02 Å². The number of hydrogen-bond donors (Lipinski definition) is 0. The van der Waals surface area contributed by atoms with Crippen LogP contribution in [0.25, 0.3) is 0 Å². The molecule has 0 aliphatic rings. The lowest BCUT2D eigenvalue weighted by Crippen LogP contribution is -2.11. The maximum atomic E-state index is 13.8. The van der Waals surface area contributed by atoms with E-state index in [1.54, 1.807) is 6.07 Å². The van der Waals surface area contributed by atoms with Crippen molar-refractivity contribution in [2.45, 2.75) is 6.42 Å². The normalized spacial score (nSPS) is 10.3. The fraction of sp³-hybridized carbons (Fsp3) is 0.214. The van der Waals surface area contributed by atoms with E-state index in [4.69, 9.17) is 21.1 Å². The summed E-state index contributed by atoms with van der Waals surface area (Å²) >= 11 is 5.69. The molecule has 0 saturated carbocycles. The molecule has 2 rings (SSSR count). The van der Waals surface area contributed by atoms with Crippen LogP contribution in [0, 0.1) is 5.82 Å². The lowest BCUT2D eigenvalue weighted by Gasteiger charge is -2.08. The molecule has 1 aromatic carbocycles. The molecule has 0 unspecified atom stereocenters. The van der Waals surface area contributed by atoms with Gasteiger partial charge in [-0.05, 0) is 11.6 Å². The molecule has 7 heteroatoms. The Hall–Kier alpha value is -2.21. The molecule has 1 heterocycles. The van der Waals surface area contributed by atoms with Crippen molar-refractivity contribution >= 4 is 17.4 Å². The average Bonchev–Trinajstić information content (AvgIpc) is 2.51. The molecule has 0 fully saturated rings. The van der Waals surface area contributed by atoms with Gasteiger partial charge in [0.15, 0.2) is 11.5 Å². The lowest BCUT2D eigenvalue weighted by molar-refractivity contribution is 0.0982. The molecule has 0 saturated heterocycles. The minimum absolute atomic E-state index is 0.0117. The fourth-order valence-corrected chi connectivity index (χ4v) is 1.92. The van der Waals surface area contributed by atoms with Gasteiger partial charge in [0.05, 0.1) is 25.4 Å². The molecule has 5 nitrogen and oxygen atoms in total. The van der Waals surface area contributed by atoms with Crippen molar-refractivity contribution in [3.63, 3.8) is 0 Å². The molecular formula is C14H12ClFN2O3. The summed E-state index contributed by atoms with van der Waals surface area (Å²) in [5, 5.41) is -0.0342. The van der Waals surface area contributed by atoms with E-state index in [1.807, 2.05) is 0 Å². The first kappa shape index (κ1) is 15.2. The molecule has 110 valence electrons. The van der Waals surface area contributed by atoms with Crippen molar-refractivity contribution < 1.29 is 18.7 Å². The second kappa shape index (κ2) is 6.49. The molecule has 0 spiro atoms. The van der Waals surface area contributed by atoms with Gasteiger partial charge in [0.25, 0.3) is 0 Å². The third kappa shape index (κ3) is 3.28. The molecule has 0 radical (unpaired) electrons. The molecule has 0 atom stereocenters. The van der Waals surface area contributed by atoms with Gasteiger partial charge in [-0.3, -0.25) is 4.79 Å². The number of Topliss-reactive ketones (excluding diaryl/α,β-unsaturated/α-hetero) is 1. The van der Waals surface area contributed by atoms with Crippen LogP contribution in [0.3, 0.4) is 0 Å². The highest BCUT2D eigenvalue weighted by atomic mass is 35.5. The minimum Gasteiger partial charge on any atom is -0.480 e. The first-order chi connectivity index (χ1) is 10.1. The summed E-state index contributed by atoms with van der Waals surface area (Å²) in [6.45, 7) is 0. The third-order valence-electron chi connectivity index (χ3n) is 2.77. The lowest BCUT2D eigenvalue weighted by atomic mass is 10.1. The van der Waals surface area contributed by atoms with Crippen molar-refractivity contribution in [3.8, 4) is 11.8 Å². The van der Waals surface area contributed by atoms with Gasteiger partial charge < -0.3 is 9.47 Å². The Morgan fingerprint density at radius 1 is 1.33 bits per heavy atom. The topological polar surface area (TPSA) is 61.3 Å². The zero-order valence-corrected chi connectivity index (χ0v) is 12.1. The number of carbonyl (C=O) groups is 1. The maximum absolute atomic E-state index is 13.8.